The maximum Gasteiger partial charge on any atom is 0.119 e. The van der Waals surface area contributed by atoms with Gasteiger partial charge in [-0.05, 0) is 48.4 Å². The summed E-state index contributed by atoms with van der Waals surface area (Å²) >= 11 is 5.87. The Morgan fingerprint density at radius 1 is 0.909 bits per heavy atom. The second-order valence-corrected chi connectivity index (χ2v) is 5.88. The van der Waals surface area contributed by atoms with E-state index in [9.17, 15) is 0 Å². The van der Waals surface area contributed by atoms with E-state index in [0.717, 1.165) is 29.4 Å². The number of unbranched alkanes of at least 4 members (excludes halogenated alkanes) is 2. The molecule has 0 amide bonds. The summed E-state index contributed by atoms with van der Waals surface area (Å²) in [6.45, 7) is 4.79. The van der Waals surface area contributed by atoms with E-state index >= 15 is 0 Å². The van der Waals surface area contributed by atoms with Gasteiger partial charge in [0.25, 0.3) is 0 Å². The van der Waals surface area contributed by atoms with Gasteiger partial charge in [-0.1, -0.05) is 55.6 Å². The lowest BCUT2D eigenvalue weighted by atomic mass is 10.2. The topological polar surface area (TPSA) is 21.3 Å². The molecule has 2 aromatic rings. The molecule has 0 aliphatic carbocycles. The van der Waals surface area contributed by atoms with Crippen molar-refractivity contribution in [2.45, 2.75) is 39.3 Å². The van der Waals surface area contributed by atoms with E-state index < -0.39 is 0 Å². The Bertz CT molecular complexity index is 536. The van der Waals surface area contributed by atoms with Crippen molar-refractivity contribution in [2.24, 2.45) is 0 Å². The molecule has 3 heteroatoms. The molecule has 0 aromatic heterocycles. The van der Waals surface area contributed by atoms with Gasteiger partial charge < -0.3 is 10.1 Å². The minimum absolute atomic E-state index is 0.561. The average Bonchev–Trinajstić information content (AvgIpc) is 2.55. The molecule has 118 valence electrons. The Labute approximate surface area is 138 Å². The lowest BCUT2D eigenvalue weighted by Gasteiger charge is -2.08. The van der Waals surface area contributed by atoms with Gasteiger partial charge in [0.15, 0.2) is 0 Å². The van der Waals surface area contributed by atoms with E-state index in [0.29, 0.717) is 6.61 Å². The molecular formula is C19H24ClNO. The monoisotopic (exact) mass is 317 g/mol. The minimum atomic E-state index is 0.561. The first-order valence-corrected chi connectivity index (χ1v) is 8.32. The molecule has 2 aromatic carbocycles. The van der Waals surface area contributed by atoms with E-state index in [4.69, 9.17) is 16.3 Å². The van der Waals surface area contributed by atoms with Crippen LogP contribution < -0.4 is 10.1 Å². The van der Waals surface area contributed by atoms with Crippen molar-refractivity contribution in [3.63, 3.8) is 0 Å². The van der Waals surface area contributed by atoms with Gasteiger partial charge in [-0.3, -0.25) is 0 Å². The first-order chi connectivity index (χ1) is 10.8. The molecule has 0 radical (unpaired) electrons. The second-order valence-electron chi connectivity index (χ2n) is 5.44. The van der Waals surface area contributed by atoms with Crippen molar-refractivity contribution >= 4 is 11.6 Å². The van der Waals surface area contributed by atoms with Crippen molar-refractivity contribution in [1.29, 1.82) is 0 Å². The number of nitrogens with one attached hydrogen (secondary N) is 1. The van der Waals surface area contributed by atoms with Crippen LogP contribution in [0.1, 0.15) is 37.3 Å². The zero-order chi connectivity index (χ0) is 15.6. The molecule has 2 rings (SSSR count). The number of benzene rings is 2. The standard InChI is InChI=1S/C19H24ClNO/c1-2-3-4-13-21-14-16-7-11-19(12-8-16)22-15-17-5-9-18(20)10-6-17/h5-12,21H,2-4,13-15H2,1H3. The van der Waals surface area contributed by atoms with Gasteiger partial charge in [-0.25, -0.2) is 0 Å². The molecule has 2 nitrogen and oxygen atoms in total. The number of hydrogen-bond donors (Lipinski definition) is 1. The average molecular weight is 318 g/mol. The Morgan fingerprint density at radius 3 is 2.27 bits per heavy atom. The molecule has 0 atom stereocenters. The fourth-order valence-electron chi connectivity index (χ4n) is 2.18. The summed E-state index contributed by atoms with van der Waals surface area (Å²) in [5.74, 6) is 0.893. The Hall–Kier alpha value is -1.51. The molecule has 0 saturated carbocycles. The summed E-state index contributed by atoms with van der Waals surface area (Å²) in [6, 6.07) is 16.0. The highest BCUT2D eigenvalue weighted by molar-refractivity contribution is 6.30. The van der Waals surface area contributed by atoms with E-state index in [1.54, 1.807) is 0 Å². The third kappa shape index (κ3) is 6.08. The van der Waals surface area contributed by atoms with Gasteiger partial charge in [0.05, 0.1) is 0 Å². The molecule has 0 fully saturated rings. The van der Waals surface area contributed by atoms with Crippen LogP contribution in [0.5, 0.6) is 5.75 Å². The van der Waals surface area contributed by atoms with Crippen molar-refractivity contribution in [3.8, 4) is 5.75 Å². The molecule has 0 unspecified atom stereocenters. The quantitative estimate of drug-likeness (QED) is 0.642. The highest BCUT2D eigenvalue weighted by atomic mass is 35.5. The molecule has 0 spiro atoms. The van der Waals surface area contributed by atoms with Gasteiger partial charge in [-0.15, -0.1) is 0 Å². The summed E-state index contributed by atoms with van der Waals surface area (Å²) in [5.41, 5.74) is 2.40. The number of hydrogen-bond acceptors (Lipinski definition) is 2. The molecule has 0 saturated heterocycles. The summed E-state index contributed by atoms with van der Waals surface area (Å²) in [7, 11) is 0. The van der Waals surface area contributed by atoms with Crippen LogP contribution in [0.3, 0.4) is 0 Å². The van der Waals surface area contributed by atoms with Crippen molar-refractivity contribution in [2.75, 3.05) is 6.54 Å². The highest BCUT2D eigenvalue weighted by Gasteiger charge is 1.98. The summed E-state index contributed by atoms with van der Waals surface area (Å²) < 4.78 is 5.78. The number of halogens is 1. The SMILES string of the molecule is CCCCCNCc1ccc(OCc2ccc(Cl)cc2)cc1. The number of rotatable bonds is 9. The number of ether oxygens (including phenoxy) is 1. The van der Waals surface area contributed by atoms with E-state index in [2.05, 4.69) is 24.4 Å². The van der Waals surface area contributed by atoms with Crippen molar-refractivity contribution in [3.05, 3.63) is 64.7 Å². The minimum Gasteiger partial charge on any atom is -0.489 e. The largest absolute Gasteiger partial charge is 0.489 e. The maximum atomic E-state index is 5.87. The van der Waals surface area contributed by atoms with E-state index in [1.807, 2.05) is 36.4 Å². The zero-order valence-corrected chi connectivity index (χ0v) is 13.9. The first-order valence-electron chi connectivity index (χ1n) is 7.95. The van der Waals surface area contributed by atoms with Crippen molar-refractivity contribution in [1.82, 2.24) is 5.32 Å². The molecule has 0 bridgehead atoms. The Balaban J connectivity index is 1.73. The summed E-state index contributed by atoms with van der Waals surface area (Å²) in [5, 5.41) is 4.22. The highest BCUT2D eigenvalue weighted by Crippen LogP contribution is 2.15. The zero-order valence-electron chi connectivity index (χ0n) is 13.1. The van der Waals surface area contributed by atoms with Gasteiger partial charge in [0.2, 0.25) is 0 Å². The summed E-state index contributed by atoms with van der Waals surface area (Å²) in [4.78, 5) is 0. The van der Waals surface area contributed by atoms with Crippen LogP contribution >= 0.6 is 11.6 Å². The lowest BCUT2D eigenvalue weighted by Crippen LogP contribution is -2.14. The third-order valence-electron chi connectivity index (χ3n) is 3.53. The predicted molar refractivity (Wildman–Crippen MR) is 93.5 cm³/mol. The van der Waals surface area contributed by atoms with Gasteiger partial charge in [0, 0.05) is 11.6 Å². The fraction of sp³-hybridized carbons (Fsp3) is 0.368. The van der Waals surface area contributed by atoms with Crippen LogP contribution in [0.4, 0.5) is 0 Å². The van der Waals surface area contributed by atoms with Crippen LogP contribution in [0, 0.1) is 0 Å². The second kappa shape index (κ2) is 9.50. The van der Waals surface area contributed by atoms with Crippen LogP contribution in [-0.2, 0) is 13.2 Å². The van der Waals surface area contributed by atoms with Crippen LogP contribution in [-0.4, -0.2) is 6.54 Å². The summed E-state index contributed by atoms with van der Waals surface area (Å²) in [6.07, 6.45) is 3.81. The lowest BCUT2D eigenvalue weighted by molar-refractivity contribution is 0.306. The molecule has 0 aliphatic heterocycles. The smallest absolute Gasteiger partial charge is 0.119 e. The predicted octanol–water partition coefficient (Wildman–Crippen LogP) is 5.20. The molecule has 1 N–H and O–H groups in total. The van der Waals surface area contributed by atoms with Gasteiger partial charge >= 0.3 is 0 Å². The van der Waals surface area contributed by atoms with Gasteiger partial charge in [0.1, 0.15) is 12.4 Å². The third-order valence-corrected chi connectivity index (χ3v) is 3.78. The van der Waals surface area contributed by atoms with Crippen molar-refractivity contribution < 1.29 is 4.74 Å². The first kappa shape index (κ1) is 16.9. The van der Waals surface area contributed by atoms with Gasteiger partial charge in [-0.2, -0.15) is 0 Å². The molecule has 0 aliphatic rings. The fourth-order valence-corrected chi connectivity index (χ4v) is 2.31. The van der Waals surface area contributed by atoms with E-state index in [-0.39, 0.29) is 0 Å². The van der Waals surface area contributed by atoms with Crippen LogP contribution in [0.15, 0.2) is 48.5 Å². The van der Waals surface area contributed by atoms with Crippen LogP contribution in [0.2, 0.25) is 5.02 Å². The molecule has 22 heavy (non-hydrogen) atoms. The molecule has 0 heterocycles. The Morgan fingerprint density at radius 2 is 1.59 bits per heavy atom. The maximum absolute atomic E-state index is 5.87. The van der Waals surface area contributed by atoms with E-state index in [1.165, 1.54) is 24.8 Å². The Kier molecular flexibility index (Phi) is 7.27. The van der Waals surface area contributed by atoms with Crippen LogP contribution in [0.25, 0.3) is 0 Å². The normalized spacial score (nSPS) is 10.6. The molecular weight excluding hydrogens is 294 g/mol.